The van der Waals surface area contributed by atoms with Crippen molar-refractivity contribution in [1.29, 1.82) is 0 Å². The molecule has 0 amide bonds. The summed E-state index contributed by atoms with van der Waals surface area (Å²) in [6.45, 7) is 4.40. The third-order valence-corrected chi connectivity index (χ3v) is 11.9. The monoisotopic (exact) mass is 735 g/mol. The molecule has 1 fully saturated rings. The number of aromatic nitrogens is 1. The van der Waals surface area contributed by atoms with Crippen LogP contribution in [0.4, 0.5) is 0 Å². The van der Waals surface area contributed by atoms with E-state index in [1.165, 1.54) is 11.1 Å². The van der Waals surface area contributed by atoms with Gasteiger partial charge in [-0.05, 0) is 110 Å². The Bertz CT molecular complexity index is 1910. The molecule has 288 valence electrons. The number of nitrogens with two attached hydrogens (primary N) is 1. The fourth-order valence-electron chi connectivity index (χ4n) is 8.60. The van der Waals surface area contributed by atoms with Gasteiger partial charge in [-0.2, -0.15) is 0 Å². The molecular formula is C45H57N3O6. The number of phenols is 1. The lowest BCUT2D eigenvalue weighted by molar-refractivity contribution is 0.0146. The molecule has 4 heterocycles. The van der Waals surface area contributed by atoms with E-state index in [2.05, 4.69) is 77.7 Å². The van der Waals surface area contributed by atoms with Crippen LogP contribution in [-0.4, -0.2) is 64.7 Å². The molecule has 6 N–H and O–H groups in total. The average Bonchev–Trinajstić information content (AvgIpc) is 3.64. The van der Waals surface area contributed by atoms with Gasteiger partial charge in [0, 0.05) is 54.0 Å². The molecule has 54 heavy (non-hydrogen) atoms. The zero-order valence-electron chi connectivity index (χ0n) is 31.6. The predicted molar refractivity (Wildman–Crippen MR) is 213 cm³/mol. The molecule has 0 radical (unpaired) electrons. The number of nitrogens with zero attached hydrogens (tertiary/aromatic N) is 1. The van der Waals surface area contributed by atoms with Crippen LogP contribution in [0.25, 0.3) is 16.6 Å². The van der Waals surface area contributed by atoms with Crippen molar-refractivity contribution >= 4 is 16.6 Å². The minimum atomic E-state index is -0.559. The van der Waals surface area contributed by atoms with Crippen LogP contribution >= 0.6 is 0 Å². The number of rotatable bonds is 9. The van der Waals surface area contributed by atoms with Gasteiger partial charge in [-0.3, -0.25) is 0 Å². The molecule has 3 aliphatic heterocycles. The lowest BCUT2D eigenvalue weighted by Crippen LogP contribution is -2.38. The standard InChI is InChI=1S/C45H57N3O6/c1-2-31(7-6-20-49)11-15-39-26-38(50)14-10-32-12-16-41(51)42(23-32)54-30-35-25-37(45(18-21-52-22-19-45)36-8-4-3-5-9-36)24-34-27-48(28-40(34)35)44-33(29-53-39)13-17-43(46)47-44/h3-5,8-9,12-13,16-17,23-25,27-28,31,38-39,43,47,49-51H,2,6-7,10-11,14-15,18-22,26,29-30,46H2,1H3/t31-,38-,39+,43?/m1/s1. The zero-order chi connectivity index (χ0) is 37.5. The molecule has 4 bridgehead atoms. The fourth-order valence-corrected chi connectivity index (χ4v) is 8.60. The second-order valence-corrected chi connectivity index (χ2v) is 15.4. The molecule has 1 saturated heterocycles. The first-order chi connectivity index (χ1) is 26.3. The van der Waals surface area contributed by atoms with Crippen LogP contribution in [0.5, 0.6) is 11.5 Å². The minimum Gasteiger partial charge on any atom is -0.504 e. The van der Waals surface area contributed by atoms with Gasteiger partial charge in [0.1, 0.15) is 12.4 Å². The number of aromatic hydroxyl groups is 1. The Kier molecular flexibility index (Phi) is 12.4. The second kappa shape index (κ2) is 17.6. The molecule has 4 aromatic rings. The van der Waals surface area contributed by atoms with Crippen molar-refractivity contribution in [2.45, 2.75) is 102 Å². The first kappa shape index (κ1) is 38.2. The van der Waals surface area contributed by atoms with Gasteiger partial charge >= 0.3 is 0 Å². The van der Waals surface area contributed by atoms with Crippen molar-refractivity contribution in [1.82, 2.24) is 9.88 Å². The highest BCUT2D eigenvalue weighted by Crippen LogP contribution is 2.43. The molecule has 7 rings (SSSR count). The molecule has 0 spiro atoms. The SMILES string of the molecule is CC[C@H](CCCO)CC[C@H]1C[C@H](O)CCc2ccc(O)c(c2)OCc2cc(C3(c4ccccc4)CCOCC3)cc3cn(cc23)C2=C(C=CC(N)N2)CO1. The summed E-state index contributed by atoms with van der Waals surface area (Å²) in [4.78, 5) is 0. The van der Waals surface area contributed by atoms with Crippen LogP contribution in [0.2, 0.25) is 0 Å². The van der Waals surface area contributed by atoms with E-state index in [1.807, 2.05) is 18.2 Å². The zero-order valence-corrected chi connectivity index (χ0v) is 31.6. The summed E-state index contributed by atoms with van der Waals surface area (Å²) in [5.41, 5.74) is 11.7. The second-order valence-electron chi connectivity index (χ2n) is 15.4. The third-order valence-electron chi connectivity index (χ3n) is 11.9. The molecule has 3 aromatic carbocycles. The number of aryl methyl sites for hydroxylation is 1. The Hall–Kier alpha value is -4.12. The highest BCUT2D eigenvalue weighted by atomic mass is 16.5. The molecule has 0 aliphatic carbocycles. The minimum absolute atomic E-state index is 0.0889. The number of nitrogens with one attached hydrogen (secondary N) is 1. The number of aliphatic hydroxyl groups excluding tert-OH is 2. The van der Waals surface area contributed by atoms with Crippen LogP contribution in [0.3, 0.4) is 0 Å². The summed E-state index contributed by atoms with van der Waals surface area (Å²) in [5, 5.41) is 37.3. The highest BCUT2D eigenvalue weighted by molar-refractivity contribution is 5.88. The Morgan fingerprint density at radius 2 is 1.83 bits per heavy atom. The maximum Gasteiger partial charge on any atom is 0.161 e. The molecule has 1 unspecified atom stereocenters. The van der Waals surface area contributed by atoms with Gasteiger partial charge in [-0.25, -0.2) is 0 Å². The van der Waals surface area contributed by atoms with Crippen molar-refractivity contribution in [2.24, 2.45) is 11.7 Å². The number of dihydropyridines is 1. The molecule has 0 saturated carbocycles. The number of benzene rings is 3. The fraction of sp³-hybridized carbons (Fsp3) is 0.467. The number of phenolic OH excluding ortho intramolecular Hbond substituents is 1. The van der Waals surface area contributed by atoms with E-state index in [0.29, 0.717) is 50.8 Å². The van der Waals surface area contributed by atoms with Crippen molar-refractivity contribution in [3.63, 3.8) is 0 Å². The summed E-state index contributed by atoms with van der Waals surface area (Å²) >= 11 is 0. The molecule has 9 heteroatoms. The van der Waals surface area contributed by atoms with Gasteiger partial charge < -0.3 is 45.1 Å². The van der Waals surface area contributed by atoms with E-state index in [9.17, 15) is 15.3 Å². The summed E-state index contributed by atoms with van der Waals surface area (Å²) in [5.74, 6) is 1.87. The molecule has 1 aromatic heterocycles. The number of fused-ring (bicyclic) bond motifs is 4. The lowest BCUT2D eigenvalue weighted by atomic mass is 9.68. The lowest BCUT2D eigenvalue weighted by Gasteiger charge is -2.39. The molecule has 4 atom stereocenters. The van der Waals surface area contributed by atoms with E-state index < -0.39 is 6.10 Å². The number of hydrogen-bond donors (Lipinski definition) is 5. The van der Waals surface area contributed by atoms with Crippen molar-refractivity contribution in [2.75, 3.05) is 26.4 Å². The maximum absolute atomic E-state index is 11.3. The Balaban J connectivity index is 1.31. The number of ether oxygens (including phenoxy) is 3. The number of aliphatic hydroxyl groups is 2. The molecule has 3 aliphatic rings. The van der Waals surface area contributed by atoms with Crippen molar-refractivity contribution in [3.05, 3.63) is 113 Å². The summed E-state index contributed by atoms with van der Waals surface area (Å²) in [7, 11) is 0. The maximum atomic E-state index is 11.3. The Morgan fingerprint density at radius 3 is 2.63 bits per heavy atom. The van der Waals surface area contributed by atoms with Crippen LogP contribution in [0.1, 0.15) is 87.0 Å². The predicted octanol–water partition coefficient (Wildman–Crippen LogP) is 7.30. The Morgan fingerprint density at radius 1 is 1.00 bits per heavy atom. The summed E-state index contributed by atoms with van der Waals surface area (Å²) in [6, 6.07) is 20.9. The quantitative estimate of drug-likeness (QED) is 0.121. The summed E-state index contributed by atoms with van der Waals surface area (Å²) < 4.78 is 21.2. The highest BCUT2D eigenvalue weighted by Gasteiger charge is 2.37. The van der Waals surface area contributed by atoms with E-state index in [4.69, 9.17) is 19.9 Å². The first-order valence-corrected chi connectivity index (χ1v) is 19.9. The van der Waals surface area contributed by atoms with Gasteiger partial charge in [0.05, 0.1) is 25.0 Å². The van der Waals surface area contributed by atoms with Gasteiger partial charge in [-0.15, -0.1) is 0 Å². The molecular weight excluding hydrogens is 679 g/mol. The molecule has 9 nitrogen and oxygen atoms in total. The van der Waals surface area contributed by atoms with Crippen molar-refractivity contribution < 1.29 is 29.5 Å². The van der Waals surface area contributed by atoms with E-state index in [0.717, 1.165) is 78.2 Å². The van der Waals surface area contributed by atoms with Gasteiger partial charge in [0.15, 0.2) is 11.5 Å². The van der Waals surface area contributed by atoms with Gasteiger partial charge in [0.2, 0.25) is 0 Å². The first-order valence-electron chi connectivity index (χ1n) is 19.9. The van der Waals surface area contributed by atoms with Crippen LogP contribution in [0, 0.1) is 5.92 Å². The normalized spacial score (nSPS) is 22.6. The topological polar surface area (TPSA) is 131 Å². The van der Waals surface area contributed by atoms with E-state index in [-0.39, 0.29) is 36.6 Å². The number of hydrogen-bond acceptors (Lipinski definition) is 8. The van der Waals surface area contributed by atoms with E-state index in [1.54, 1.807) is 6.07 Å². The van der Waals surface area contributed by atoms with Crippen LogP contribution < -0.4 is 15.8 Å². The largest absolute Gasteiger partial charge is 0.504 e. The van der Waals surface area contributed by atoms with E-state index >= 15 is 0 Å². The average molecular weight is 736 g/mol. The smallest absolute Gasteiger partial charge is 0.161 e. The third kappa shape index (κ3) is 8.72. The van der Waals surface area contributed by atoms with Gasteiger partial charge in [0.25, 0.3) is 0 Å². The van der Waals surface area contributed by atoms with Crippen molar-refractivity contribution in [3.8, 4) is 11.5 Å². The van der Waals surface area contributed by atoms with Gasteiger partial charge in [-0.1, -0.05) is 61.9 Å². The van der Waals surface area contributed by atoms with Crippen LogP contribution in [0.15, 0.2) is 90.8 Å². The Labute approximate surface area is 319 Å². The van der Waals surface area contributed by atoms with Crippen LogP contribution in [-0.2, 0) is 27.9 Å². The summed E-state index contributed by atoms with van der Waals surface area (Å²) in [6.07, 6.45) is 15.3.